The van der Waals surface area contributed by atoms with Crippen LogP contribution < -0.4 is 5.32 Å². The lowest BCUT2D eigenvalue weighted by Gasteiger charge is -2.22. The zero-order chi connectivity index (χ0) is 15.5. The Kier molecular flexibility index (Phi) is 4.63. The lowest BCUT2D eigenvalue weighted by molar-refractivity contribution is -0.120. The minimum atomic E-state index is -0.134. The van der Waals surface area contributed by atoms with E-state index in [1.807, 2.05) is 18.2 Å². The molecule has 1 amide bonds. The second-order valence-electron chi connectivity index (χ2n) is 5.96. The molecule has 2 nitrogen and oxygen atoms in total. The van der Waals surface area contributed by atoms with Gasteiger partial charge in [0.25, 0.3) is 0 Å². The third-order valence-corrected chi connectivity index (χ3v) is 5.23. The fourth-order valence-corrected chi connectivity index (χ4v) is 3.85. The maximum absolute atomic E-state index is 12.3. The van der Waals surface area contributed by atoms with Gasteiger partial charge in [-0.3, -0.25) is 4.79 Å². The first-order chi connectivity index (χ1) is 10.6. The van der Waals surface area contributed by atoms with Crippen molar-refractivity contribution in [3.05, 3.63) is 71.3 Å². The molecule has 3 atom stereocenters. The number of aryl methyl sites for hydroxylation is 1. The number of carbonyl (C=O) groups is 1. The molecule has 2 aromatic rings. The van der Waals surface area contributed by atoms with Crippen LogP contribution in [0.15, 0.2) is 54.6 Å². The molecular weight excluding hydrogens is 338 g/mol. The van der Waals surface area contributed by atoms with Gasteiger partial charge in [0, 0.05) is 0 Å². The molecule has 0 radical (unpaired) electrons. The van der Waals surface area contributed by atoms with Crippen molar-refractivity contribution >= 4 is 21.8 Å². The smallest absolute Gasteiger partial charge is 0.234 e. The summed E-state index contributed by atoms with van der Waals surface area (Å²) >= 11 is 3.55. The van der Waals surface area contributed by atoms with Crippen molar-refractivity contribution in [3.63, 3.8) is 0 Å². The van der Waals surface area contributed by atoms with Crippen LogP contribution in [-0.2, 0) is 4.79 Å². The van der Waals surface area contributed by atoms with Gasteiger partial charge in [-0.2, -0.15) is 0 Å². The van der Waals surface area contributed by atoms with E-state index in [0.29, 0.717) is 5.92 Å². The molecule has 1 aliphatic rings. The summed E-state index contributed by atoms with van der Waals surface area (Å²) in [7, 11) is 0. The Morgan fingerprint density at radius 2 is 1.68 bits per heavy atom. The van der Waals surface area contributed by atoms with Crippen LogP contribution in [-0.4, -0.2) is 10.7 Å². The van der Waals surface area contributed by atoms with Gasteiger partial charge in [0.2, 0.25) is 5.91 Å². The minimum Gasteiger partial charge on any atom is -0.348 e. The molecule has 22 heavy (non-hydrogen) atoms. The lowest BCUT2D eigenvalue weighted by Crippen LogP contribution is -2.31. The van der Waals surface area contributed by atoms with E-state index in [0.717, 1.165) is 12.8 Å². The molecule has 3 rings (SSSR count). The van der Waals surface area contributed by atoms with Gasteiger partial charge in [0.1, 0.15) is 0 Å². The third kappa shape index (κ3) is 3.25. The van der Waals surface area contributed by atoms with Crippen molar-refractivity contribution in [3.8, 4) is 0 Å². The van der Waals surface area contributed by atoms with E-state index in [4.69, 9.17) is 0 Å². The van der Waals surface area contributed by atoms with Crippen LogP contribution in [0.4, 0.5) is 0 Å². The molecule has 1 aliphatic heterocycles. The molecule has 2 aromatic carbocycles. The first-order valence-electron chi connectivity index (χ1n) is 7.70. The van der Waals surface area contributed by atoms with E-state index in [-0.39, 0.29) is 16.8 Å². The van der Waals surface area contributed by atoms with E-state index < -0.39 is 0 Å². The second kappa shape index (κ2) is 6.66. The lowest BCUT2D eigenvalue weighted by atomic mass is 9.85. The number of amides is 1. The summed E-state index contributed by atoms with van der Waals surface area (Å²) in [6.45, 7) is 2.15. The summed E-state index contributed by atoms with van der Waals surface area (Å²) in [6.07, 6.45) is 1.77. The number of alkyl halides is 1. The van der Waals surface area contributed by atoms with Crippen LogP contribution >= 0.6 is 15.9 Å². The Labute approximate surface area is 140 Å². The summed E-state index contributed by atoms with van der Waals surface area (Å²) < 4.78 is 0. The highest BCUT2D eigenvalue weighted by molar-refractivity contribution is 9.10. The average Bonchev–Trinajstić information content (AvgIpc) is 2.68. The van der Waals surface area contributed by atoms with Crippen molar-refractivity contribution in [2.24, 2.45) is 0 Å². The van der Waals surface area contributed by atoms with Crippen molar-refractivity contribution in [1.82, 2.24) is 5.32 Å². The Hall–Kier alpha value is -1.61. The van der Waals surface area contributed by atoms with Crippen molar-refractivity contribution in [1.29, 1.82) is 0 Å². The topological polar surface area (TPSA) is 29.1 Å². The number of halogens is 1. The van der Waals surface area contributed by atoms with Crippen LogP contribution in [0.5, 0.6) is 0 Å². The molecule has 0 aromatic heterocycles. The summed E-state index contributed by atoms with van der Waals surface area (Å²) in [5.74, 6) is 0.458. The molecular formula is C19H20BrNO. The Morgan fingerprint density at radius 1 is 1.00 bits per heavy atom. The van der Waals surface area contributed by atoms with E-state index in [1.54, 1.807) is 0 Å². The first-order valence-corrected chi connectivity index (χ1v) is 8.61. The van der Waals surface area contributed by atoms with Crippen molar-refractivity contribution < 1.29 is 4.79 Å². The molecule has 0 spiro atoms. The standard InChI is InChI=1S/C19H20BrNO/c1-13-7-5-6-10-16(13)15-11-17(20)19(22)21-18(12-15)14-8-3-2-4-9-14/h2-10,15,17-18H,11-12H2,1H3,(H,21,22)/t15-,17?,18+/m0/s1. The highest BCUT2D eigenvalue weighted by atomic mass is 79.9. The van der Waals surface area contributed by atoms with Gasteiger partial charge < -0.3 is 5.32 Å². The molecule has 0 bridgehead atoms. The van der Waals surface area contributed by atoms with Crippen molar-refractivity contribution in [2.45, 2.75) is 36.6 Å². The quantitative estimate of drug-likeness (QED) is 0.788. The van der Waals surface area contributed by atoms with Gasteiger partial charge in [-0.05, 0) is 42.4 Å². The summed E-state index contributed by atoms with van der Waals surface area (Å²) in [4.78, 5) is 12.2. The maximum Gasteiger partial charge on any atom is 0.234 e. The second-order valence-corrected chi connectivity index (χ2v) is 7.07. The molecule has 0 aliphatic carbocycles. The van der Waals surface area contributed by atoms with Gasteiger partial charge in [0.05, 0.1) is 10.9 Å². The van der Waals surface area contributed by atoms with Crippen LogP contribution in [0.2, 0.25) is 0 Å². The minimum absolute atomic E-state index is 0.0702. The van der Waals surface area contributed by atoms with Gasteiger partial charge in [-0.25, -0.2) is 0 Å². The fraction of sp³-hybridized carbons (Fsp3) is 0.316. The fourth-order valence-electron chi connectivity index (χ4n) is 3.26. The van der Waals surface area contributed by atoms with Crippen LogP contribution in [0.3, 0.4) is 0 Å². The third-order valence-electron chi connectivity index (χ3n) is 4.44. The monoisotopic (exact) mass is 357 g/mol. The Morgan fingerprint density at radius 3 is 2.41 bits per heavy atom. The predicted octanol–water partition coefficient (Wildman–Crippen LogP) is 4.49. The molecule has 1 N–H and O–H groups in total. The SMILES string of the molecule is Cc1ccccc1[C@H]1CC(Br)C(=O)N[C@@H](c2ccccc2)C1. The summed E-state index contributed by atoms with van der Waals surface area (Å²) in [5.41, 5.74) is 3.83. The molecule has 114 valence electrons. The van der Waals surface area contributed by atoms with E-state index >= 15 is 0 Å². The van der Waals surface area contributed by atoms with Gasteiger partial charge in [0.15, 0.2) is 0 Å². The number of hydrogen-bond acceptors (Lipinski definition) is 1. The highest BCUT2D eigenvalue weighted by Crippen LogP contribution is 2.37. The van der Waals surface area contributed by atoms with Crippen LogP contribution in [0, 0.1) is 6.92 Å². The normalized spacial score (nSPS) is 25.4. The van der Waals surface area contributed by atoms with Crippen molar-refractivity contribution in [2.75, 3.05) is 0 Å². The zero-order valence-corrected chi connectivity index (χ0v) is 14.2. The summed E-state index contributed by atoms with van der Waals surface area (Å²) in [6, 6.07) is 18.8. The largest absolute Gasteiger partial charge is 0.348 e. The average molecular weight is 358 g/mol. The molecule has 1 saturated heterocycles. The molecule has 1 heterocycles. The van der Waals surface area contributed by atoms with E-state index in [9.17, 15) is 4.79 Å². The molecule has 3 heteroatoms. The predicted molar refractivity (Wildman–Crippen MR) is 93.2 cm³/mol. The summed E-state index contributed by atoms with van der Waals surface area (Å²) in [5, 5.41) is 3.18. The maximum atomic E-state index is 12.3. The number of benzene rings is 2. The Bertz CT molecular complexity index is 655. The number of rotatable bonds is 2. The Balaban J connectivity index is 1.94. The molecule has 1 fully saturated rings. The number of nitrogens with one attached hydrogen (secondary N) is 1. The number of carbonyl (C=O) groups excluding carboxylic acids is 1. The highest BCUT2D eigenvalue weighted by Gasteiger charge is 2.31. The van der Waals surface area contributed by atoms with Gasteiger partial charge in [-0.15, -0.1) is 0 Å². The van der Waals surface area contributed by atoms with Crippen LogP contribution in [0.25, 0.3) is 0 Å². The zero-order valence-electron chi connectivity index (χ0n) is 12.6. The van der Waals surface area contributed by atoms with Gasteiger partial charge in [-0.1, -0.05) is 70.5 Å². The van der Waals surface area contributed by atoms with Crippen LogP contribution in [0.1, 0.15) is 41.5 Å². The van der Waals surface area contributed by atoms with Gasteiger partial charge >= 0.3 is 0 Å². The molecule has 1 unspecified atom stereocenters. The van der Waals surface area contributed by atoms with E-state index in [2.05, 4.69) is 64.6 Å². The first kappa shape index (κ1) is 15.3. The molecule has 0 saturated carbocycles. The number of hydrogen-bond donors (Lipinski definition) is 1. The van der Waals surface area contributed by atoms with E-state index in [1.165, 1.54) is 16.7 Å².